The van der Waals surface area contributed by atoms with Gasteiger partial charge in [-0.15, -0.1) is 0 Å². The van der Waals surface area contributed by atoms with Gasteiger partial charge in [0.05, 0.1) is 12.7 Å². The van der Waals surface area contributed by atoms with Crippen molar-refractivity contribution in [1.82, 2.24) is 4.90 Å². The molecule has 0 aromatic heterocycles. The molecule has 2 aliphatic rings. The lowest BCUT2D eigenvalue weighted by Crippen LogP contribution is -2.39. The molecule has 0 unspecified atom stereocenters. The van der Waals surface area contributed by atoms with E-state index in [9.17, 15) is 14.0 Å². The Morgan fingerprint density at radius 3 is 2.65 bits per heavy atom. The van der Waals surface area contributed by atoms with Crippen LogP contribution in [0, 0.1) is 16.6 Å². The smallest absolute Gasteiger partial charge is 0.338 e. The third-order valence-corrected chi connectivity index (χ3v) is 5.45. The maximum Gasteiger partial charge on any atom is 0.338 e. The molecule has 2 atom stereocenters. The number of hydrogen-bond acceptors (Lipinski definition) is 4. The topological polar surface area (TPSA) is 55.8 Å². The highest BCUT2D eigenvalue weighted by molar-refractivity contribution is 5.91. The number of carbonyl (C=O) groups excluding carboxylic acids is 2. The fourth-order valence-electron chi connectivity index (χ4n) is 4.84. The summed E-state index contributed by atoms with van der Waals surface area (Å²) in [7, 11) is 1.35. The minimum Gasteiger partial charge on any atom is -0.494 e. The van der Waals surface area contributed by atoms with Crippen molar-refractivity contribution < 1.29 is 23.5 Å². The van der Waals surface area contributed by atoms with Crippen LogP contribution >= 0.6 is 0 Å². The van der Waals surface area contributed by atoms with E-state index in [1.54, 1.807) is 0 Å². The van der Waals surface area contributed by atoms with Gasteiger partial charge in [0, 0.05) is 12.6 Å². The number of benzene rings is 1. The molecule has 1 saturated carbocycles. The molecule has 2 bridgehead atoms. The summed E-state index contributed by atoms with van der Waals surface area (Å²) in [4.78, 5) is 26.6. The van der Waals surface area contributed by atoms with Gasteiger partial charge >= 0.3 is 5.97 Å². The first-order chi connectivity index (χ1) is 12.1. The number of esters is 1. The molecule has 0 spiro atoms. The van der Waals surface area contributed by atoms with Crippen LogP contribution < -0.4 is 4.74 Å². The van der Waals surface area contributed by atoms with Crippen molar-refractivity contribution in [3.05, 3.63) is 29.6 Å². The van der Waals surface area contributed by atoms with Gasteiger partial charge in [-0.05, 0) is 48.3 Å². The quantitative estimate of drug-likeness (QED) is 0.769. The Labute approximate surface area is 153 Å². The van der Waals surface area contributed by atoms with Gasteiger partial charge in [-0.25, -0.2) is 9.18 Å². The molecule has 1 aromatic rings. The molecular formula is C20H26FNO4. The second-order valence-electron chi connectivity index (χ2n) is 8.66. The summed E-state index contributed by atoms with van der Waals surface area (Å²) in [6, 6.07) is 4.04. The molecular weight excluding hydrogens is 337 g/mol. The molecule has 2 fully saturated rings. The van der Waals surface area contributed by atoms with Crippen LogP contribution in [-0.2, 0) is 9.53 Å². The molecule has 142 valence electrons. The third-order valence-electron chi connectivity index (χ3n) is 5.45. The monoisotopic (exact) mass is 363 g/mol. The minimum atomic E-state index is -0.714. The lowest BCUT2D eigenvalue weighted by atomic mass is 9.65. The molecule has 6 heteroatoms. The van der Waals surface area contributed by atoms with Crippen LogP contribution in [0.5, 0.6) is 5.75 Å². The average Bonchev–Trinajstić information content (AvgIpc) is 2.81. The SMILES string of the molecule is COc1ccc(C(=O)OCC(=O)N2C[C@]3(C)C[C@H]2CC(C)(C)C3)cc1F. The predicted molar refractivity (Wildman–Crippen MR) is 94.5 cm³/mol. The highest BCUT2D eigenvalue weighted by Crippen LogP contribution is 2.52. The van der Waals surface area contributed by atoms with Gasteiger partial charge in [0.15, 0.2) is 18.2 Å². The predicted octanol–water partition coefficient (Wildman–Crippen LogP) is 3.42. The summed E-state index contributed by atoms with van der Waals surface area (Å²) in [6.45, 7) is 7.09. The molecule has 3 rings (SSSR count). The highest BCUT2D eigenvalue weighted by atomic mass is 19.1. The summed E-state index contributed by atoms with van der Waals surface area (Å²) >= 11 is 0. The van der Waals surface area contributed by atoms with Crippen molar-refractivity contribution in [2.45, 2.75) is 46.1 Å². The standard InChI is InChI=1S/C20H26FNO4/c1-19(2)8-14-9-20(3,11-19)12-22(14)17(23)10-26-18(24)13-5-6-16(25-4)15(21)7-13/h5-7,14H,8-12H2,1-4H3/t14-,20-/m1/s1. The number of amides is 1. The summed E-state index contributed by atoms with van der Waals surface area (Å²) < 4.78 is 23.7. The van der Waals surface area contributed by atoms with Crippen LogP contribution in [0.1, 0.15) is 50.4 Å². The van der Waals surface area contributed by atoms with E-state index >= 15 is 0 Å². The fourth-order valence-corrected chi connectivity index (χ4v) is 4.84. The van der Waals surface area contributed by atoms with Gasteiger partial charge in [-0.2, -0.15) is 0 Å². The number of rotatable bonds is 4. The fraction of sp³-hybridized carbons (Fsp3) is 0.600. The Bertz CT molecular complexity index is 733. The summed E-state index contributed by atoms with van der Waals surface area (Å²) in [5.41, 5.74) is 0.402. The van der Waals surface area contributed by atoms with E-state index in [1.807, 2.05) is 4.90 Å². The summed E-state index contributed by atoms with van der Waals surface area (Å²) in [6.07, 6.45) is 3.05. The zero-order valence-electron chi connectivity index (χ0n) is 15.8. The van der Waals surface area contributed by atoms with E-state index in [2.05, 4.69) is 20.8 Å². The van der Waals surface area contributed by atoms with Crippen molar-refractivity contribution in [3.63, 3.8) is 0 Å². The van der Waals surface area contributed by atoms with Gasteiger partial charge in [0.25, 0.3) is 5.91 Å². The van der Waals surface area contributed by atoms with Crippen LogP contribution in [0.15, 0.2) is 18.2 Å². The van der Waals surface area contributed by atoms with Gasteiger partial charge < -0.3 is 14.4 Å². The molecule has 5 nitrogen and oxygen atoms in total. The number of likely N-dealkylation sites (tertiary alicyclic amines) is 1. The second-order valence-corrected chi connectivity index (χ2v) is 8.66. The lowest BCUT2D eigenvalue weighted by molar-refractivity contribution is -0.135. The Kier molecular flexibility index (Phi) is 4.71. The Morgan fingerprint density at radius 2 is 2.00 bits per heavy atom. The Hall–Kier alpha value is -2.11. The first-order valence-corrected chi connectivity index (χ1v) is 8.93. The normalized spacial score (nSPS) is 26.5. The zero-order valence-corrected chi connectivity index (χ0v) is 15.8. The Morgan fingerprint density at radius 1 is 1.27 bits per heavy atom. The highest BCUT2D eigenvalue weighted by Gasteiger charge is 2.50. The van der Waals surface area contributed by atoms with Crippen molar-refractivity contribution in [2.75, 3.05) is 20.3 Å². The number of carbonyl (C=O) groups is 2. The number of nitrogens with zero attached hydrogens (tertiary/aromatic N) is 1. The van der Waals surface area contributed by atoms with Crippen LogP contribution in [0.2, 0.25) is 0 Å². The van der Waals surface area contributed by atoms with Crippen LogP contribution in [0.25, 0.3) is 0 Å². The maximum atomic E-state index is 13.7. The first-order valence-electron chi connectivity index (χ1n) is 8.93. The van der Waals surface area contributed by atoms with Crippen molar-refractivity contribution in [1.29, 1.82) is 0 Å². The van der Waals surface area contributed by atoms with E-state index in [0.717, 1.165) is 25.3 Å². The van der Waals surface area contributed by atoms with Crippen LogP contribution in [0.4, 0.5) is 4.39 Å². The maximum absolute atomic E-state index is 13.7. The zero-order chi connectivity index (χ0) is 19.1. The number of methoxy groups -OCH3 is 1. The van der Waals surface area contributed by atoms with E-state index < -0.39 is 11.8 Å². The third kappa shape index (κ3) is 3.69. The molecule has 1 aromatic carbocycles. The summed E-state index contributed by atoms with van der Waals surface area (Å²) in [5, 5.41) is 0. The number of fused-ring (bicyclic) bond motifs is 2. The van der Waals surface area contributed by atoms with E-state index in [4.69, 9.17) is 9.47 Å². The largest absolute Gasteiger partial charge is 0.494 e. The minimum absolute atomic E-state index is 0.0535. The van der Waals surface area contributed by atoms with E-state index in [-0.39, 0.29) is 40.7 Å². The lowest BCUT2D eigenvalue weighted by Gasteiger charge is -2.39. The molecule has 1 aliphatic carbocycles. The van der Waals surface area contributed by atoms with Crippen LogP contribution in [0.3, 0.4) is 0 Å². The molecule has 1 amide bonds. The number of ether oxygens (including phenoxy) is 2. The van der Waals surface area contributed by atoms with Crippen molar-refractivity contribution in [2.24, 2.45) is 10.8 Å². The van der Waals surface area contributed by atoms with E-state index in [0.29, 0.717) is 6.54 Å². The van der Waals surface area contributed by atoms with Gasteiger partial charge in [-0.3, -0.25) is 4.79 Å². The Balaban J connectivity index is 1.61. The molecule has 0 N–H and O–H groups in total. The van der Waals surface area contributed by atoms with E-state index in [1.165, 1.54) is 19.2 Å². The molecule has 1 saturated heterocycles. The average molecular weight is 363 g/mol. The van der Waals surface area contributed by atoms with Crippen molar-refractivity contribution in [3.8, 4) is 5.75 Å². The van der Waals surface area contributed by atoms with Crippen LogP contribution in [-0.4, -0.2) is 43.1 Å². The number of hydrogen-bond donors (Lipinski definition) is 0. The molecule has 26 heavy (non-hydrogen) atoms. The summed E-state index contributed by atoms with van der Waals surface area (Å²) in [5.74, 6) is -1.48. The van der Waals surface area contributed by atoms with Gasteiger partial charge in [-0.1, -0.05) is 20.8 Å². The molecule has 1 aliphatic heterocycles. The first kappa shape index (κ1) is 18.7. The molecule has 0 radical (unpaired) electrons. The van der Waals surface area contributed by atoms with Gasteiger partial charge in [0.2, 0.25) is 0 Å². The second kappa shape index (κ2) is 6.56. The van der Waals surface area contributed by atoms with Crippen molar-refractivity contribution >= 4 is 11.9 Å². The van der Waals surface area contributed by atoms with Gasteiger partial charge in [0.1, 0.15) is 0 Å². The molecule has 1 heterocycles. The number of halogens is 1.